The van der Waals surface area contributed by atoms with Crippen LogP contribution in [0.5, 0.6) is 5.75 Å². The molecule has 0 bridgehead atoms. The van der Waals surface area contributed by atoms with Crippen molar-refractivity contribution in [2.75, 3.05) is 6.61 Å². The monoisotopic (exact) mass is 416 g/mol. The summed E-state index contributed by atoms with van der Waals surface area (Å²) in [5, 5.41) is 17.6. The molecule has 164 valence electrons. The summed E-state index contributed by atoms with van der Waals surface area (Å²) in [7, 11) is 1.73. The van der Waals surface area contributed by atoms with Gasteiger partial charge in [-0.3, -0.25) is 0 Å². The lowest BCUT2D eigenvalue weighted by Crippen LogP contribution is -2.41. The number of hydrogen-bond acceptors (Lipinski definition) is 7. The minimum Gasteiger partial charge on any atom is -0.488 e. The molecule has 1 aliphatic rings. The van der Waals surface area contributed by atoms with Crippen LogP contribution < -0.4 is 4.74 Å². The second-order valence-electron chi connectivity index (χ2n) is 9.16. The number of carbonyl (C=O) groups is 1. The van der Waals surface area contributed by atoms with Gasteiger partial charge in [0.15, 0.2) is 0 Å². The molecule has 2 heterocycles. The van der Waals surface area contributed by atoms with E-state index in [9.17, 15) is 9.90 Å². The van der Waals surface area contributed by atoms with E-state index in [2.05, 4.69) is 15.3 Å². The smallest absolute Gasteiger partial charge is 0.140 e. The number of nitrogens with zero attached hydrogens (tertiary/aromatic N) is 4. The van der Waals surface area contributed by atoms with E-state index in [0.717, 1.165) is 31.2 Å². The number of aldehydes is 1. The lowest BCUT2D eigenvalue weighted by atomic mass is 9.74. The highest BCUT2D eigenvalue weighted by Crippen LogP contribution is 2.38. The first-order chi connectivity index (χ1) is 14.2. The van der Waals surface area contributed by atoms with Crippen LogP contribution in [0.2, 0.25) is 0 Å². The maximum absolute atomic E-state index is 11.9. The zero-order chi connectivity index (χ0) is 21.9. The largest absolute Gasteiger partial charge is 0.488 e. The lowest BCUT2D eigenvalue weighted by Gasteiger charge is -2.38. The fraction of sp³-hybridized carbons (Fsp3) is 0.636. The van der Waals surface area contributed by atoms with Crippen molar-refractivity contribution in [3.8, 4) is 17.1 Å². The van der Waals surface area contributed by atoms with Crippen LogP contribution in [0.25, 0.3) is 11.4 Å². The van der Waals surface area contributed by atoms with Crippen LogP contribution in [0.3, 0.4) is 0 Å². The summed E-state index contributed by atoms with van der Waals surface area (Å²) >= 11 is 0. The molecule has 2 unspecified atom stereocenters. The van der Waals surface area contributed by atoms with Crippen LogP contribution >= 0.6 is 0 Å². The van der Waals surface area contributed by atoms with E-state index in [1.54, 1.807) is 7.05 Å². The van der Waals surface area contributed by atoms with E-state index in [0.29, 0.717) is 35.9 Å². The Labute approximate surface area is 177 Å². The number of aliphatic hydroxyl groups excluding tert-OH is 1. The SMILES string of the molecule is Cc1nc(-c2nnn(C)c2CO)ccc1OC1CCCC(C=O)(COC(C)(C)C)C1. The highest BCUT2D eigenvalue weighted by atomic mass is 16.5. The van der Waals surface area contributed by atoms with Crippen LogP contribution in [0.15, 0.2) is 12.1 Å². The van der Waals surface area contributed by atoms with Crippen molar-refractivity contribution >= 4 is 6.29 Å². The number of pyridine rings is 1. The maximum atomic E-state index is 11.9. The molecule has 0 radical (unpaired) electrons. The van der Waals surface area contributed by atoms with Crippen molar-refractivity contribution in [3.63, 3.8) is 0 Å². The van der Waals surface area contributed by atoms with Gasteiger partial charge in [0.05, 0.1) is 47.4 Å². The van der Waals surface area contributed by atoms with Crippen molar-refractivity contribution in [2.24, 2.45) is 12.5 Å². The molecule has 1 N–H and O–H groups in total. The molecule has 8 nitrogen and oxygen atoms in total. The number of aliphatic hydroxyl groups is 1. The van der Waals surface area contributed by atoms with Gasteiger partial charge in [0.25, 0.3) is 0 Å². The Kier molecular flexibility index (Phi) is 6.57. The molecule has 0 amide bonds. The average Bonchev–Trinajstić information content (AvgIpc) is 3.08. The summed E-state index contributed by atoms with van der Waals surface area (Å²) in [6.07, 6.45) is 4.24. The van der Waals surface area contributed by atoms with Crippen LogP contribution in [0, 0.1) is 12.3 Å². The van der Waals surface area contributed by atoms with Crippen LogP contribution in [-0.2, 0) is 23.2 Å². The number of rotatable bonds is 7. The first-order valence-corrected chi connectivity index (χ1v) is 10.4. The molecule has 2 aromatic rings. The molecule has 3 rings (SSSR count). The van der Waals surface area contributed by atoms with E-state index in [4.69, 9.17) is 9.47 Å². The van der Waals surface area contributed by atoms with Gasteiger partial charge in [-0.05, 0) is 65.5 Å². The lowest BCUT2D eigenvalue weighted by molar-refractivity contribution is -0.130. The first-order valence-electron chi connectivity index (χ1n) is 10.4. The van der Waals surface area contributed by atoms with Gasteiger partial charge in [0.1, 0.15) is 17.7 Å². The Bertz CT molecular complexity index is 890. The van der Waals surface area contributed by atoms with E-state index >= 15 is 0 Å². The third kappa shape index (κ3) is 5.05. The fourth-order valence-electron chi connectivity index (χ4n) is 3.81. The number of hydrogen-bond donors (Lipinski definition) is 1. The van der Waals surface area contributed by atoms with Crippen LogP contribution in [-0.4, -0.2) is 49.7 Å². The highest BCUT2D eigenvalue weighted by Gasteiger charge is 2.38. The van der Waals surface area contributed by atoms with Gasteiger partial charge < -0.3 is 19.4 Å². The van der Waals surface area contributed by atoms with Gasteiger partial charge in [0.2, 0.25) is 0 Å². The summed E-state index contributed by atoms with van der Waals surface area (Å²) in [6.45, 7) is 8.12. The molecular formula is C22H32N4O4. The Hall–Kier alpha value is -2.32. The van der Waals surface area contributed by atoms with E-state index in [1.807, 2.05) is 39.8 Å². The Morgan fingerprint density at radius 1 is 1.37 bits per heavy atom. The van der Waals surface area contributed by atoms with Gasteiger partial charge in [-0.25, -0.2) is 9.67 Å². The molecule has 0 aliphatic heterocycles. The van der Waals surface area contributed by atoms with Gasteiger partial charge >= 0.3 is 0 Å². The van der Waals surface area contributed by atoms with Crippen LogP contribution in [0.4, 0.5) is 0 Å². The average molecular weight is 417 g/mol. The van der Waals surface area contributed by atoms with E-state index < -0.39 is 5.41 Å². The maximum Gasteiger partial charge on any atom is 0.140 e. The standard InChI is InChI=1S/C22H32N4O4/c1-15-19(9-8-17(23-15)20-18(12-27)26(5)25-24-20)30-16-7-6-10-22(11-16,13-28)14-29-21(2,3)4/h8-9,13,16,27H,6-7,10-12,14H2,1-5H3. The Morgan fingerprint density at radius 3 is 2.77 bits per heavy atom. The topological polar surface area (TPSA) is 99.4 Å². The number of carbonyl (C=O) groups excluding carboxylic acids is 1. The van der Waals surface area contributed by atoms with Crippen molar-refractivity contribution in [3.05, 3.63) is 23.5 Å². The molecule has 1 fully saturated rings. The number of aromatic nitrogens is 4. The fourth-order valence-corrected chi connectivity index (χ4v) is 3.81. The second-order valence-corrected chi connectivity index (χ2v) is 9.16. The van der Waals surface area contributed by atoms with Gasteiger partial charge in [-0.2, -0.15) is 0 Å². The third-order valence-corrected chi connectivity index (χ3v) is 5.54. The summed E-state index contributed by atoms with van der Waals surface area (Å²) in [4.78, 5) is 16.6. The number of ether oxygens (including phenoxy) is 2. The van der Waals surface area contributed by atoms with Gasteiger partial charge in [0, 0.05) is 7.05 Å². The summed E-state index contributed by atoms with van der Waals surface area (Å²) in [6, 6.07) is 3.69. The predicted octanol–water partition coefficient (Wildman–Crippen LogP) is 3.00. The van der Waals surface area contributed by atoms with E-state index in [-0.39, 0.29) is 18.3 Å². The van der Waals surface area contributed by atoms with Gasteiger partial charge in [-0.15, -0.1) is 5.10 Å². The second kappa shape index (κ2) is 8.81. The quantitative estimate of drug-likeness (QED) is 0.693. The summed E-state index contributed by atoms with van der Waals surface area (Å²) in [5.74, 6) is 0.691. The van der Waals surface area contributed by atoms with Crippen molar-refractivity contribution in [2.45, 2.75) is 71.7 Å². The van der Waals surface area contributed by atoms with Crippen molar-refractivity contribution < 1.29 is 19.4 Å². The highest BCUT2D eigenvalue weighted by molar-refractivity contribution is 5.60. The summed E-state index contributed by atoms with van der Waals surface area (Å²) < 4.78 is 13.7. The van der Waals surface area contributed by atoms with Crippen molar-refractivity contribution in [1.29, 1.82) is 0 Å². The minimum atomic E-state index is -0.507. The third-order valence-electron chi connectivity index (χ3n) is 5.54. The predicted molar refractivity (Wildman–Crippen MR) is 112 cm³/mol. The zero-order valence-electron chi connectivity index (χ0n) is 18.5. The van der Waals surface area contributed by atoms with Crippen LogP contribution in [0.1, 0.15) is 57.8 Å². The molecular weight excluding hydrogens is 384 g/mol. The minimum absolute atomic E-state index is 0.0663. The molecule has 2 aromatic heterocycles. The summed E-state index contributed by atoms with van der Waals surface area (Å²) in [5.41, 5.74) is 1.75. The molecule has 8 heteroatoms. The van der Waals surface area contributed by atoms with Gasteiger partial charge in [-0.1, -0.05) is 5.21 Å². The molecule has 0 spiro atoms. The molecule has 1 aliphatic carbocycles. The number of aryl methyl sites for hydroxylation is 2. The molecule has 1 saturated carbocycles. The normalized spacial score (nSPS) is 22.1. The molecule has 0 saturated heterocycles. The zero-order valence-corrected chi connectivity index (χ0v) is 18.5. The van der Waals surface area contributed by atoms with Crippen molar-refractivity contribution in [1.82, 2.24) is 20.0 Å². The molecule has 0 aromatic carbocycles. The van der Waals surface area contributed by atoms with E-state index in [1.165, 1.54) is 4.68 Å². The molecule has 2 atom stereocenters. The first kappa shape index (κ1) is 22.4. The molecule has 30 heavy (non-hydrogen) atoms. The Balaban J connectivity index is 1.73. The Morgan fingerprint density at radius 2 is 2.13 bits per heavy atom.